The van der Waals surface area contributed by atoms with Crippen LogP contribution in [0.3, 0.4) is 0 Å². The van der Waals surface area contributed by atoms with Gasteiger partial charge in [-0.05, 0) is 42.0 Å². The van der Waals surface area contributed by atoms with Gasteiger partial charge in [-0.2, -0.15) is 5.10 Å². The van der Waals surface area contributed by atoms with E-state index in [9.17, 15) is 13.6 Å². The van der Waals surface area contributed by atoms with Gasteiger partial charge in [-0.25, -0.2) is 8.78 Å². The molecule has 0 aliphatic heterocycles. The Morgan fingerprint density at radius 2 is 1.88 bits per heavy atom. The van der Waals surface area contributed by atoms with Crippen molar-refractivity contribution in [1.82, 2.24) is 9.78 Å². The van der Waals surface area contributed by atoms with Gasteiger partial charge < -0.3 is 0 Å². The van der Waals surface area contributed by atoms with Gasteiger partial charge in [0, 0.05) is 17.3 Å². The quantitative estimate of drug-likeness (QED) is 0.542. The van der Waals surface area contributed by atoms with Gasteiger partial charge in [-0.3, -0.25) is 9.48 Å². The van der Waals surface area contributed by atoms with E-state index in [0.29, 0.717) is 16.7 Å². The van der Waals surface area contributed by atoms with E-state index in [-0.39, 0.29) is 18.0 Å². The Morgan fingerprint density at radius 3 is 2.54 bits per heavy atom. The normalized spacial score (nSPS) is 10.4. The summed E-state index contributed by atoms with van der Waals surface area (Å²) < 4.78 is 28.0. The molecule has 118 valence electrons. The molecule has 1 aromatic heterocycles. The second-order valence-electron chi connectivity index (χ2n) is 5.14. The van der Waals surface area contributed by atoms with Crippen LogP contribution in [0, 0.1) is 24.0 Å². The largest absolute Gasteiger partial charge is 0.287 e. The zero-order valence-electron chi connectivity index (χ0n) is 12.5. The first kappa shape index (κ1) is 15.6. The van der Waals surface area contributed by atoms with Crippen molar-refractivity contribution < 1.29 is 13.6 Å². The molecule has 2 aromatic carbocycles. The summed E-state index contributed by atoms with van der Waals surface area (Å²) in [5.41, 5.74) is 1.42. The van der Waals surface area contributed by atoms with Gasteiger partial charge in [-0.15, -0.1) is 6.42 Å². The Bertz CT molecular complexity index is 937. The van der Waals surface area contributed by atoms with Crippen molar-refractivity contribution in [3.05, 3.63) is 77.6 Å². The number of carbonyl (C=O) groups excluding carboxylic acids is 1. The van der Waals surface area contributed by atoms with Crippen LogP contribution in [-0.2, 0) is 6.54 Å². The Balaban J connectivity index is 2.10. The number of hydrogen-bond donors (Lipinski definition) is 0. The zero-order valence-corrected chi connectivity index (χ0v) is 12.5. The topological polar surface area (TPSA) is 34.9 Å². The third-order valence-electron chi connectivity index (χ3n) is 3.47. The van der Waals surface area contributed by atoms with Crippen molar-refractivity contribution in [1.29, 1.82) is 0 Å². The van der Waals surface area contributed by atoms with Crippen LogP contribution in [0.5, 0.6) is 0 Å². The van der Waals surface area contributed by atoms with E-state index in [0.717, 1.165) is 0 Å². The third kappa shape index (κ3) is 3.08. The van der Waals surface area contributed by atoms with Gasteiger partial charge in [0.2, 0.25) is 5.78 Å². The lowest BCUT2D eigenvalue weighted by molar-refractivity contribution is 0.103. The number of benzene rings is 2. The van der Waals surface area contributed by atoms with Gasteiger partial charge in [0.15, 0.2) is 0 Å². The molecule has 3 aromatic rings. The zero-order chi connectivity index (χ0) is 17.1. The fourth-order valence-corrected chi connectivity index (χ4v) is 2.37. The fourth-order valence-electron chi connectivity index (χ4n) is 2.37. The Kier molecular flexibility index (Phi) is 4.21. The monoisotopic (exact) mass is 322 g/mol. The SMILES string of the molecule is C#CCn1cc(-c2cccc(F)c2)c(C(=O)c2ccc(F)cc2)n1. The van der Waals surface area contributed by atoms with E-state index in [1.165, 1.54) is 41.1 Å². The van der Waals surface area contributed by atoms with Gasteiger partial charge >= 0.3 is 0 Å². The Morgan fingerprint density at radius 1 is 1.12 bits per heavy atom. The molecular weight excluding hydrogens is 310 g/mol. The molecule has 3 rings (SSSR count). The number of terminal acetylenes is 1. The van der Waals surface area contributed by atoms with E-state index >= 15 is 0 Å². The Labute approximate surface area is 137 Å². The maximum atomic E-state index is 13.5. The smallest absolute Gasteiger partial charge is 0.213 e. The van der Waals surface area contributed by atoms with E-state index in [2.05, 4.69) is 11.0 Å². The highest BCUT2D eigenvalue weighted by Gasteiger charge is 2.20. The van der Waals surface area contributed by atoms with Crippen molar-refractivity contribution in [3.63, 3.8) is 0 Å². The van der Waals surface area contributed by atoms with Crippen LogP contribution in [0.15, 0.2) is 54.7 Å². The number of halogens is 2. The third-order valence-corrected chi connectivity index (χ3v) is 3.47. The second kappa shape index (κ2) is 6.47. The maximum Gasteiger partial charge on any atom is 0.213 e. The average molecular weight is 322 g/mol. The molecule has 0 fully saturated rings. The van der Waals surface area contributed by atoms with E-state index in [4.69, 9.17) is 6.42 Å². The molecule has 0 atom stereocenters. The van der Waals surface area contributed by atoms with E-state index in [1.54, 1.807) is 18.3 Å². The first-order valence-electron chi connectivity index (χ1n) is 7.15. The summed E-state index contributed by atoms with van der Waals surface area (Å²) in [7, 11) is 0. The standard InChI is InChI=1S/C19H12F2N2O/c1-2-10-23-12-17(14-4-3-5-16(21)11-14)18(22-23)19(24)13-6-8-15(20)9-7-13/h1,3-9,11-12H,10H2. The molecule has 0 amide bonds. The molecule has 0 saturated carbocycles. The molecule has 0 spiro atoms. The minimum absolute atomic E-state index is 0.141. The molecule has 0 aliphatic rings. The molecule has 0 bridgehead atoms. The maximum absolute atomic E-state index is 13.5. The van der Waals surface area contributed by atoms with Crippen LogP contribution in [0.1, 0.15) is 16.1 Å². The lowest BCUT2D eigenvalue weighted by Crippen LogP contribution is -2.05. The predicted octanol–water partition coefficient (Wildman–Crippen LogP) is 3.69. The number of hydrogen-bond acceptors (Lipinski definition) is 2. The number of rotatable bonds is 4. The number of aromatic nitrogens is 2. The molecule has 1 heterocycles. The van der Waals surface area contributed by atoms with E-state index < -0.39 is 11.6 Å². The minimum Gasteiger partial charge on any atom is -0.287 e. The van der Waals surface area contributed by atoms with Crippen LogP contribution >= 0.6 is 0 Å². The molecule has 24 heavy (non-hydrogen) atoms. The summed E-state index contributed by atoms with van der Waals surface area (Å²) in [6, 6.07) is 11.0. The van der Waals surface area contributed by atoms with Gasteiger partial charge in [0.05, 0.1) is 0 Å². The summed E-state index contributed by atoms with van der Waals surface area (Å²) in [4.78, 5) is 12.7. The lowest BCUT2D eigenvalue weighted by atomic mass is 10.0. The first-order chi connectivity index (χ1) is 11.6. The van der Waals surface area contributed by atoms with Crippen molar-refractivity contribution in [2.75, 3.05) is 0 Å². The van der Waals surface area contributed by atoms with Crippen molar-refractivity contribution in [2.24, 2.45) is 0 Å². The molecule has 0 aliphatic carbocycles. The Hall–Kier alpha value is -3.26. The van der Waals surface area contributed by atoms with Crippen LogP contribution in [0.2, 0.25) is 0 Å². The first-order valence-corrected chi connectivity index (χ1v) is 7.15. The van der Waals surface area contributed by atoms with Crippen molar-refractivity contribution in [2.45, 2.75) is 6.54 Å². The predicted molar refractivity (Wildman–Crippen MR) is 86.3 cm³/mol. The highest BCUT2D eigenvalue weighted by molar-refractivity contribution is 6.11. The molecular formula is C19H12F2N2O. The van der Waals surface area contributed by atoms with Crippen LogP contribution < -0.4 is 0 Å². The van der Waals surface area contributed by atoms with Crippen molar-refractivity contribution in [3.8, 4) is 23.5 Å². The summed E-state index contributed by atoms with van der Waals surface area (Å²) in [6.45, 7) is 0.180. The summed E-state index contributed by atoms with van der Waals surface area (Å²) in [6.07, 6.45) is 6.89. The summed E-state index contributed by atoms with van der Waals surface area (Å²) >= 11 is 0. The van der Waals surface area contributed by atoms with Crippen LogP contribution in [0.25, 0.3) is 11.1 Å². The van der Waals surface area contributed by atoms with Gasteiger partial charge in [0.25, 0.3) is 0 Å². The summed E-state index contributed by atoms with van der Waals surface area (Å²) in [5.74, 6) is 1.20. The lowest BCUT2D eigenvalue weighted by Gasteiger charge is -2.03. The van der Waals surface area contributed by atoms with Crippen molar-refractivity contribution >= 4 is 5.78 Å². The second-order valence-corrected chi connectivity index (χ2v) is 5.14. The van der Waals surface area contributed by atoms with Crippen LogP contribution in [0.4, 0.5) is 8.78 Å². The minimum atomic E-state index is -0.435. The average Bonchev–Trinajstić information content (AvgIpc) is 2.99. The molecule has 0 radical (unpaired) electrons. The van der Waals surface area contributed by atoms with Gasteiger partial charge in [0.1, 0.15) is 23.9 Å². The summed E-state index contributed by atoms with van der Waals surface area (Å²) in [5, 5.41) is 4.21. The number of carbonyl (C=O) groups is 1. The fraction of sp³-hybridized carbons (Fsp3) is 0.0526. The molecule has 0 N–H and O–H groups in total. The number of ketones is 1. The number of nitrogens with zero attached hydrogens (tertiary/aromatic N) is 2. The highest BCUT2D eigenvalue weighted by atomic mass is 19.1. The molecule has 5 heteroatoms. The van der Waals surface area contributed by atoms with E-state index in [1.807, 2.05) is 0 Å². The molecule has 3 nitrogen and oxygen atoms in total. The highest BCUT2D eigenvalue weighted by Crippen LogP contribution is 2.26. The molecule has 0 saturated heterocycles. The van der Waals surface area contributed by atoms with Gasteiger partial charge in [-0.1, -0.05) is 18.1 Å². The molecule has 0 unspecified atom stereocenters. The van der Waals surface area contributed by atoms with Crippen LogP contribution in [-0.4, -0.2) is 15.6 Å².